The monoisotopic (exact) mass is 708 g/mol. The molecule has 7 rings (SSSR count). The zero-order chi connectivity index (χ0) is 36.5. The predicted octanol–water partition coefficient (Wildman–Crippen LogP) is 8.49. The molecule has 3 fully saturated rings. The van der Waals surface area contributed by atoms with Gasteiger partial charge in [0.2, 0.25) is 0 Å². The Balaban J connectivity index is 1.07. The number of hydrogen-bond donors (Lipinski definition) is 1. The summed E-state index contributed by atoms with van der Waals surface area (Å²) in [5.41, 5.74) is 11.6. The van der Waals surface area contributed by atoms with Gasteiger partial charge in [0.15, 0.2) is 11.5 Å². The van der Waals surface area contributed by atoms with Crippen molar-refractivity contribution in [3.8, 4) is 22.9 Å². The number of carbonyl (C=O) groups is 1. The van der Waals surface area contributed by atoms with E-state index in [4.69, 9.17) is 12.3 Å². The van der Waals surface area contributed by atoms with Gasteiger partial charge in [0.25, 0.3) is 0 Å². The van der Waals surface area contributed by atoms with E-state index in [1.807, 2.05) is 0 Å². The third kappa shape index (κ3) is 7.59. The molecule has 2 bridgehead atoms. The Morgan fingerprint density at radius 2 is 1.73 bits per heavy atom. The average Bonchev–Trinajstić information content (AvgIpc) is 3.82. The number of aryl methyl sites for hydroxylation is 1. The van der Waals surface area contributed by atoms with Gasteiger partial charge in [-0.3, -0.25) is 14.6 Å². The fraction of sp³-hybridized carbons (Fsp3) is 0.439. The molecule has 0 spiro atoms. The van der Waals surface area contributed by atoms with Crippen molar-refractivity contribution in [1.82, 2.24) is 14.4 Å². The molecule has 1 aliphatic carbocycles. The lowest BCUT2D eigenvalue weighted by atomic mass is 9.78. The van der Waals surface area contributed by atoms with E-state index in [-0.39, 0.29) is 11.5 Å². The number of hydrogen-bond acceptors (Lipinski definition) is 6. The third-order valence-corrected chi connectivity index (χ3v) is 11.3. The van der Waals surface area contributed by atoms with Gasteiger partial charge in [-0.25, -0.2) is 4.85 Å². The number of unbranched alkanes of at least 4 members (excludes halogenated alkanes) is 1. The van der Waals surface area contributed by atoms with Crippen molar-refractivity contribution in [2.75, 3.05) is 13.1 Å². The summed E-state index contributed by atoms with van der Waals surface area (Å²) >= 11 is 0. The van der Waals surface area contributed by atoms with Crippen molar-refractivity contribution in [3.05, 3.63) is 95.0 Å². The smallest absolute Gasteiger partial charge is 0.406 e. The maximum atomic E-state index is 13.0. The Morgan fingerprint density at radius 1 is 1.00 bits per heavy atom. The summed E-state index contributed by atoms with van der Waals surface area (Å²) in [5, 5.41) is 10.7. The fourth-order valence-electron chi connectivity index (χ4n) is 8.58. The van der Waals surface area contributed by atoms with E-state index in [1.165, 1.54) is 12.1 Å². The highest BCUT2D eigenvalue weighted by Gasteiger charge is 2.43. The van der Waals surface area contributed by atoms with Crippen molar-refractivity contribution >= 4 is 22.4 Å². The highest BCUT2D eigenvalue weighted by molar-refractivity contribution is 5.96. The second kappa shape index (κ2) is 14.7. The number of likely N-dealkylation sites (tertiary alicyclic amines) is 2. The first-order chi connectivity index (χ1) is 25.0. The number of piperazine rings is 1. The van der Waals surface area contributed by atoms with Crippen molar-refractivity contribution in [2.24, 2.45) is 5.73 Å². The van der Waals surface area contributed by atoms with Crippen LogP contribution in [0.5, 0.6) is 5.75 Å². The molecule has 1 saturated carbocycles. The lowest BCUT2D eigenvalue weighted by molar-refractivity contribution is -0.274. The molecule has 2 unspecified atom stereocenters. The summed E-state index contributed by atoms with van der Waals surface area (Å²) in [6.07, 6.45) is 5.03. The van der Waals surface area contributed by atoms with Crippen LogP contribution in [0.3, 0.4) is 0 Å². The molecule has 3 aliphatic rings. The van der Waals surface area contributed by atoms with E-state index < -0.39 is 11.9 Å². The average molecular weight is 709 g/mol. The number of nitrogens with two attached hydrogens (primary N) is 1. The number of ketones is 1. The van der Waals surface area contributed by atoms with Crippen LogP contribution in [0.4, 0.5) is 18.9 Å². The first-order valence-electron chi connectivity index (χ1n) is 18.2. The van der Waals surface area contributed by atoms with Crippen molar-refractivity contribution in [1.29, 1.82) is 5.26 Å². The molecule has 0 amide bonds. The first kappa shape index (κ1) is 35.7. The van der Waals surface area contributed by atoms with Crippen LogP contribution >= 0.6 is 0 Å². The molecular weight excluding hydrogens is 665 g/mol. The largest absolute Gasteiger partial charge is 0.573 e. The zero-order valence-corrected chi connectivity index (χ0v) is 29.2. The molecule has 4 aromatic rings. The van der Waals surface area contributed by atoms with E-state index in [0.29, 0.717) is 42.8 Å². The van der Waals surface area contributed by atoms with Crippen LogP contribution in [0.15, 0.2) is 66.9 Å². The second-order valence-electron chi connectivity index (χ2n) is 14.7. The van der Waals surface area contributed by atoms with Gasteiger partial charge in [-0.1, -0.05) is 49.6 Å². The molecule has 3 aromatic carbocycles. The summed E-state index contributed by atoms with van der Waals surface area (Å²) in [6, 6.07) is 20.8. The molecule has 2 aliphatic heterocycles. The molecule has 8 nitrogen and oxygen atoms in total. The Labute approximate surface area is 302 Å². The van der Waals surface area contributed by atoms with E-state index >= 15 is 0 Å². The predicted molar refractivity (Wildman–Crippen MR) is 193 cm³/mol. The van der Waals surface area contributed by atoms with Gasteiger partial charge < -0.3 is 15.0 Å². The SMILES string of the molecule is [C-]#[N+]c1cccc(C#N)c1CN1CC2CC1CN2Cc1ccc2c(c1)c(-c1ccc(OC(F)(F)F)cc1)cn2CCCCC(=O)C1(N)CCCCC1. The molecule has 270 valence electrons. The minimum absolute atomic E-state index is 0.162. The Hall–Kier alpha value is -4.68. The number of nitrogens with zero attached hydrogens (tertiary/aromatic N) is 5. The van der Waals surface area contributed by atoms with Crippen LogP contribution in [0, 0.1) is 17.9 Å². The second-order valence-corrected chi connectivity index (χ2v) is 14.7. The maximum absolute atomic E-state index is 13.0. The molecule has 11 heteroatoms. The Bertz CT molecular complexity index is 1990. The van der Waals surface area contributed by atoms with Crippen LogP contribution in [0.2, 0.25) is 0 Å². The summed E-state index contributed by atoms with van der Waals surface area (Å²) < 4.78 is 44.9. The molecule has 2 N–H and O–H groups in total. The standard InChI is InChI=1S/C41H43F3N6O2/c1-47-37-9-7-8-30(22-45)36(37)27-50-25-31-21-32(50)24-49(31)23-28-11-16-38-34(20-28)35(29-12-14-33(15-13-29)52-41(42,43)44)26-48(38)19-6-3-10-39(51)40(46)17-4-2-5-18-40/h7-9,11-16,20,26,31-32H,2-6,10,17-19,21,23-25,27,46H2. The van der Waals surface area contributed by atoms with Crippen LogP contribution in [0.25, 0.3) is 26.9 Å². The lowest BCUT2D eigenvalue weighted by Gasteiger charge is -2.34. The van der Waals surface area contributed by atoms with Gasteiger partial charge in [-0.15, -0.1) is 13.2 Å². The summed E-state index contributed by atoms with van der Waals surface area (Å²) in [5.74, 6) is -0.101. The minimum atomic E-state index is -4.76. The molecule has 52 heavy (non-hydrogen) atoms. The molecule has 3 heterocycles. The number of alkyl halides is 3. The van der Waals surface area contributed by atoms with Crippen LogP contribution in [-0.4, -0.2) is 57.2 Å². The number of ether oxygens (including phenoxy) is 1. The maximum Gasteiger partial charge on any atom is 0.573 e. The quantitative estimate of drug-likeness (QED) is 0.117. The molecule has 2 saturated heterocycles. The van der Waals surface area contributed by atoms with Crippen molar-refractivity contribution in [3.63, 3.8) is 0 Å². The van der Waals surface area contributed by atoms with Gasteiger partial charge in [0.05, 0.1) is 18.2 Å². The Kier molecular flexibility index (Phi) is 10.1. The van der Waals surface area contributed by atoms with E-state index in [2.05, 4.69) is 54.4 Å². The summed E-state index contributed by atoms with van der Waals surface area (Å²) in [7, 11) is 0. The van der Waals surface area contributed by atoms with E-state index in [0.717, 1.165) is 104 Å². The van der Waals surface area contributed by atoms with Crippen LogP contribution in [0.1, 0.15) is 74.5 Å². The van der Waals surface area contributed by atoms with Crippen LogP contribution < -0.4 is 10.5 Å². The minimum Gasteiger partial charge on any atom is -0.406 e. The van der Waals surface area contributed by atoms with Crippen molar-refractivity contribution in [2.45, 2.75) is 101 Å². The molecule has 1 aromatic heterocycles. The van der Waals surface area contributed by atoms with Gasteiger partial charge >= 0.3 is 6.36 Å². The molecular formula is C41H43F3N6O2. The van der Waals surface area contributed by atoms with Gasteiger partial charge in [-0.2, -0.15) is 5.26 Å². The lowest BCUT2D eigenvalue weighted by Crippen LogP contribution is -2.49. The summed E-state index contributed by atoms with van der Waals surface area (Å²) in [4.78, 5) is 21.6. The van der Waals surface area contributed by atoms with Crippen LogP contribution in [-0.2, 0) is 24.4 Å². The van der Waals surface area contributed by atoms with Gasteiger partial charge in [0, 0.05) is 79.5 Å². The molecule has 2 atom stereocenters. The number of benzene rings is 3. The Morgan fingerprint density at radius 3 is 2.40 bits per heavy atom. The number of rotatable bonds is 12. The zero-order valence-electron chi connectivity index (χ0n) is 29.2. The third-order valence-electron chi connectivity index (χ3n) is 11.3. The normalized spacial score (nSPS) is 20.2. The first-order valence-corrected chi connectivity index (χ1v) is 18.2. The van der Waals surface area contributed by atoms with Crippen molar-refractivity contribution < 1.29 is 22.7 Å². The van der Waals surface area contributed by atoms with E-state index in [9.17, 15) is 23.2 Å². The number of halogens is 3. The number of fused-ring (bicyclic) bond motifs is 3. The van der Waals surface area contributed by atoms with Gasteiger partial charge in [0.1, 0.15) is 5.75 Å². The highest BCUT2D eigenvalue weighted by atomic mass is 19.4. The highest BCUT2D eigenvalue weighted by Crippen LogP contribution is 2.38. The van der Waals surface area contributed by atoms with Gasteiger partial charge in [-0.05, 0) is 79.1 Å². The number of carbonyl (C=O) groups excluding carboxylic acids is 1. The number of aromatic nitrogens is 1. The number of nitriles is 1. The fourth-order valence-corrected chi connectivity index (χ4v) is 8.58. The topological polar surface area (TPSA) is 91.9 Å². The number of Topliss-reactive ketones (excluding diaryl/α,β-unsaturated/α-hetero) is 1. The summed E-state index contributed by atoms with van der Waals surface area (Å²) in [6.45, 7) is 11.4. The molecule has 0 radical (unpaired) electrons. The van der Waals surface area contributed by atoms with E-state index in [1.54, 1.807) is 30.3 Å².